The van der Waals surface area contributed by atoms with Crippen LogP contribution in [0.2, 0.25) is 0 Å². The van der Waals surface area contributed by atoms with Crippen molar-refractivity contribution in [3.63, 3.8) is 0 Å². The number of thiazole rings is 1. The van der Waals surface area contributed by atoms with Crippen LogP contribution in [-0.4, -0.2) is 22.1 Å². The lowest BCUT2D eigenvalue weighted by Crippen LogP contribution is -2.28. The highest BCUT2D eigenvalue weighted by molar-refractivity contribution is 7.09. The first-order valence-corrected chi connectivity index (χ1v) is 7.14. The van der Waals surface area contributed by atoms with E-state index < -0.39 is 5.97 Å². The Morgan fingerprint density at radius 2 is 1.95 bits per heavy atom. The maximum absolute atomic E-state index is 11.9. The van der Waals surface area contributed by atoms with Gasteiger partial charge in [0.05, 0.1) is 6.54 Å². The van der Waals surface area contributed by atoms with Crippen molar-refractivity contribution in [2.45, 2.75) is 20.4 Å². The standard InChI is InChI=1S/C14H15N3O3S/c1-8-4-3-5-9(2)12(8)17-14(20)15-6-11-16-10(7-21-11)13(18)19/h3-5,7H,6H2,1-2H3,(H,18,19)(H2,15,17,20). The summed E-state index contributed by atoms with van der Waals surface area (Å²) < 4.78 is 0. The van der Waals surface area contributed by atoms with Crippen molar-refractivity contribution in [3.8, 4) is 0 Å². The van der Waals surface area contributed by atoms with Gasteiger partial charge in [0.25, 0.3) is 0 Å². The molecule has 0 saturated heterocycles. The van der Waals surface area contributed by atoms with Crippen LogP contribution in [-0.2, 0) is 6.54 Å². The molecule has 2 amide bonds. The number of carboxylic acid groups (broad SMARTS) is 1. The van der Waals surface area contributed by atoms with Gasteiger partial charge in [-0.1, -0.05) is 18.2 Å². The number of benzene rings is 1. The Labute approximate surface area is 125 Å². The van der Waals surface area contributed by atoms with E-state index in [1.54, 1.807) is 0 Å². The Kier molecular flexibility index (Phi) is 4.54. The van der Waals surface area contributed by atoms with Gasteiger partial charge in [0.1, 0.15) is 5.01 Å². The molecule has 0 aliphatic heterocycles. The minimum Gasteiger partial charge on any atom is -0.476 e. The van der Waals surface area contributed by atoms with Crippen LogP contribution < -0.4 is 10.6 Å². The van der Waals surface area contributed by atoms with Crippen LogP contribution in [0.5, 0.6) is 0 Å². The van der Waals surface area contributed by atoms with E-state index in [2.05, 4.69) is 15.6 Å². The monoisotopic (exact) mass is 305 g/mol. The highest BCUT2D eigenvalue weighted by Crippen LogP contribution is 2.19. The molecule has 0 saturated carbocycles. The second kappa shape index (κ2) is 6.36. The summed E-state index contributed by atoms with van der Waals surface area (Å²) in [4.78, 5) is 26.5. The van der Waals surface area contributed by atoms with Gasteiger partial charge in [0.15, 0.2) is 5.69 Å². The maximum Gasteiger partial charge on any atom is 0.355 e. The number of hydrogen-bond acceptors (Lipinski definition) is 4. The molecule has 0 radical (unpaired) electrons. The highest BCUT2D eigenvalue weighted by atomic mass is 32.1. The number of nitrogens with one attached hydrogen (secondary N) is 2. The van der Waals surface area contributed by atoms with Crippen molar-refractivity contribution in [1.29, 1.82) is 0 Å². The quantitative estimate of drug-likeness (QED) is 0.810. The fourth-order valence-electron chi connectivity index (χ4n) is 1.82. The Bertz CT molecular complexity index is 662. The number of carbonyl (C=O) groups excluding carboxylic acids is 1. The van der Waals surface area contributed by atoms with E-state index in [4.69, 9.17) is 5.11 Å². The Hall–Kier alpha value is -2.41. The molecule has 3 N–H and O–H groups in total. The number of carboxylic acids is 1. The number of nitrogens with zero attached hydrogens (tertiary/aromatic N) is 1. The minimum atomic E-state index is -1.07. The van der Waals surface area contributed by atoms with Crippen molar-refractivity contribution < 1.29 is 14.7 Å². The van der Waals surface area contributed by atoms with Gasteiger partial charge in [0, 0.05) is 11.1 Å². The summed E-state index contributed by atoms with van der Waals surface area (Å²) in [5, 5.41) is 16.2. The SMILES string of the molecule is Cc1cccc(C)c1NC(=O)NCc1nc(C(=O)O)cs1. The van der Waals surface area contributed by atoms with E-state index >= 15 is 0 Å². The summed E-state index contributed by atoms with van der Waals surface area (Å²) >= 11 is 1.20. The molecular formula is C14H15N3O3S. The third-order valence-electron chi connectivity index (χ3n) is 2.89. The van der Waals surface area contributed by atoms with Crippen LogP contribution in [0.15, 0.2) is 23.6 Å². The lowest BCUT2D eigenvalue weighted by Gasteiger charge is -2.11. The third-order valence-corrected chi connectivity index (χ3v) is 3.74. The molecule has 0 aliphatic rings. The molecule has 21 heavy (non-hydrogen) atoms. The molecule has 1 aromatic carbocycles. The van der Waals surface area contributed by atoms with Gasteiger partial charge >= 0.3 is 12.0 Å². The molecule has 1 heterocycles. The Morgan fingerprint density at radius 3 is 2.52 bits per heavy atom. The van der Waals surface area contributed by atoms with Gasteiger partial charge < -0.3 is 15.7 Å². The molecule has 2 rings (SSSR count). The van der Waals surface area contributed by atoms with E-state index in [1.807, 2.05) is 32.0 Å². The predicted molar refractivity (Wildman–Crippen MR) is 80.8 cm³/mol. The fraction of sp³-hybridized carbons (Fsp3) is 0.214. The number of urea groups is 1. The van der Waals surface area contributed by atoms with Crippen LogP contribution in [0.4, 0.5) is 10.5 Å². The van der Waals surface area contributed by atoms with Crippen LogP contribution in [0.3, 0.4) is 0 Å². The zero-order valence-electron chi connectivity index (χ0n) is 11.6. The number of aromatic carboxylic acids is 1. The van der Waals surface area contributed by atoms with Crippen molar-refractivity contribution in [2.75, 3.05) is 5.32 Å². The van der Waals surface area contributed by atoms with Gasteiger partial charge in [0.2, 0.25) is 0 Å². The molecule has 0 fully saturated rings. The van der Waals surface area contributed by atoms with E-state index in [9.17, 15) is 9.59 Å². The van der Waals surface area contributed by atoms with E-state index in [0.29, 0.717) is 5.01 Å². The summed E-state index contributed by atoms with van der Waals surface area (Å²) in [5.74, 6) is -1.07. The molecule has 110 valence electrons. The van der Waals surface area contributed by atoms with Crippen LogP contribution in [0, 0.1) is 13.8 Å². The van der Waals surface area contributed by atoms with Crippen molar-refractivity contribution >= 4 is 29.0 Å². The lowest BCUT2D eigenvalue weighted by molar-refractivity contribution is 0.0691. The molecule has 0 aliphatic carbocycles. The van der Waals surface area contributed by atoms with Gasteiger partial charge in [-0.3, -0.25) is 0 Å². The largest absolute Gasteiger partial charge is 0.476 e. The van der Waals surface area contributed by atoms with Crippen molar-refractivity contribution in [3.05, 3.63) is 45.4 Å². The molecule has 0 atom stereocenters. The number of carbonyl (C=O) groups is 2. The third kappa shape index (κ3) is 3.79. The van der Waals surface area contributed by atoms with E-state index in [1.165, 1.54) is 16.7 Å². The Morgan fingerprint density at radius 1 is 1.29 bits per heavy atom. The Balaban J connectivity index is 1.94. The number of aryl methyl sites for hydroxylation is 2. The van der Waals surface area contributed by atoms with Crippen molar-refractivity contribution in [1.82, 2.24) is 10.3 Å². The summed E-state index contributed by atoms with van der Waals surface area (Å²) in [7, 11) is 0. The minimum absolute atomic E-state index is 0.00745. The summed E-state index contributed by atoms with van der Waals surface area (Å²) in [5.41, 5.74) is 2.73. The van der Waals surface area contributed by atoms with Crippen LogP contribution in [0.1, 0.15) is 26.6 Å². The van der Waals surface area contributed by atoms with Gasteiger partial charge in [-0.15, -0.1) is 11.3 Å². The number of amides is 2. The zero-order chi connectivity index (χ0) is 15.4. The molecule has 2 aromatic rings. The number of para-hydroxylation sites is 1. The topological polar surface area (TPSA) is 91.3 Å². The predicted octanol–water partition coefficient (Wildman–Crippen LogP) is 2.78. The second-order valence-electron chi connectivity index (χ2n) is 4.51. The molecule has 0 bridgehead atoms. The normalized spacial score (nSPS) is 10.2. The molecule has 0 unspecified atom stereocenters. The number of rotatable bonds is 4. The first-order chi connectivity index (χ1) is 9.97. The first-order valence-electron chi connectivity index (χ1n) is 6.26. The molecule has 6 nitrogen and oxygen atoms in total. The lowest BCUT2D eigenvalue weighted by atomic mass is 10.1. The average Bonchev–Trinajstić information content (AvgIpc) is 2.90. The van der Waals surface area contributed by atoms with Crippen LogP contribution in [0.25, 0.3) is 0 Å². The molecule has 7 heteroatoms. The average molecular weight is 305 g/mol. The van der Waals surface area contributed by atoms with Gasteiger partial charge in [-0.05, 0) is 25.0 Å². The van der Waals surface area contributed by atoms with Gasteiger partial charge in [-0.2, -0.15) is 0 Å². The highest BCUT2D eigenvalue weighted by Gasteiger charge is 2.10. The van der Waals surface area contributed by atoms with Crippen LogP contribution >= 0.6 is 11.3 Å². The smallest absolute Gasteiger partial charge is 0.355 e. The van der Waals surface area contributed by atoms with E-state index in [-0.39, 0.29) is 18.3 Å². The zero-order valence-corrected chi connectivity index (χ0v) is 12.5. The number of anilines is 1. The van der Waals surface area contributed by atoms with Gasteiger partial charge in [-0.25, -0.2) is 14.6 Å². The van der Waals surface area contributed by atoms with Crippen molar-refractivity contribution in [2.24, 2.45) is 0 Å². The summed E-state index contributed by atoms with van der Waals surface area (Å²) in [6.07, 6.45) is 0. The summed E-state index contributed by atoms with van der Waals surface area (Å²) in [6.45, 7) is 4.03. The summed E-state index contributed by atoms with van der Waals surface area (Å²) in [6, 6.07) is 5.42. The first kappa shape index (κ1) is 15.0. The molecule has 0 spiro atoms. The molecule has 1 aromatic heterocycles. The number of aromatic nitrogens is 1. The molecular weight excluding hydrogens is 290 g/mol. The van der Waals surface area contributed by atoms with E-state index in [0.717, 1.165) is 16.8 Å². The number of hydrogen-bond donors (Lipinski definition) is 3. The maximum atomic E-state index is 11.9. The second-order valence-corrected chi connectivity index (χ2v) is 5.45. The fourth-order valence-corrected chi connectivity index (χ4v) is 2.52.